The van der Waals surface area contributed by atoms with Crippen LogP contribution in [0.3, 0.4) is 0 Å². The Morgan fingerprint density at radius 1 is 1.42 bits per heavy atom. The maximum atomic E-state index is 13.3. The molecule has 0 amide bonds. The van der Waals surface area contributed by atoms with E-state index < -0.39 is 0 Å². The van der Waals surface area contributed by atoms with E-state index in [1.807, 2.05) is 13.0 Å². The summed E-state index contributed by atoms with van der Waals surface area (Å²) in [4.78, 5) is 4.11. The Labute approximate surface area is 120 Å². The molecule has 3 nitrogen and oxygen atoms in total. The van der Waals surface area contributed by atoms with Gasteiger partial charge in [-0.2, -0.15) is 0 Å². The van der Waals surface area contributed by atoms with Crippen molar-refractivity contribution in [3.63, 3.8) is 0 Å². The molecule has 0 saturated heterocycles. The van der Waals surface area contributed by atoms with Gasteiger partial charge in [0, 0.05) is 16.9 Å². The van der Waals surface area contributed by atoms with E-state index in [1.165, 1.54) is 12.1 Å². The lowest BCUT2D eigenvalue weighted by molar-refractivity contribution is 0.543. The molecular formula is C14H15BrFN3. The Hall–Kier alpha value is -1.30. The van der Waals surface area contributed by atoms with E-state index in [0.717, 1.165) is 21.2 Å². The molecule has 0 bridgehead atoms. The fourth-order valence-corrected chi connectivity index (χ4v) is 2.43. The second kappa shape index (κ2) is 6.23. The summed E-state index contributed by atoms with van der Waals surface area (Å²) >= 11 is 3.43. The predicted octanol–water partition coefficient (Wildman–Crippen LogP) is 3.04. The molecule has 3 N–H and O–H groups in total. The van der Waals surface area contributed by atoms with E-state index in [2.05, 4.69) is 26.3 Å². The van der Waals surface area contributed by atoms with Gasteiger partial charge in [-0.05, 0) is 54.3 Å². The lowest BCUT2D eigenvalue weighted by Gasteiger charge is -2.18. The van der Waals surface area contributed by atoms with Crippen molar-refractivity contribution in [2.75, 3.05) is 0 Å². The van der Waals surface area contributed by atoms with Crippen LogP contribution in [0.4, 0.5) is 4.39 Å². The smallest absolute Gasteiger partial charge is 0.123 e. The van der Waals surface area contributed by atoms with Gasteiger partial charge in [0.05, 0.1) is 6.04 Å². The number of hydrogen-bond donors (Lipinski definition) is 2. The summed E-state index contributed by atoms with van der Waals surface area (Å²) in [6.45, 7) is 2.00. The van der Waals surface area contributed by atoms with Crippen molar-refractivity contribution in [1.82, 2.24) is 10.4 Å². The normalized spacial score (nSPS) is 12.4. The molecule has 19 heavy (non-hydrogen) atoms. The molecule has 0 aliphatic heterocycles. The fourth-order valence-electron chi connectivity index (χ4n) is 2.02. The topological polar surface area (TPSA) is 50.9 Å². The average Bonchev–Trinajstić information content (AvgIpc) is 2.41. The minimum atomic E-state index is -0.253. The molecule has 0 aliphatic rings. The molecule has 0 aliphatic carbocycles. The molecule has 1 aromatic heterocycles. The number of hydrogen-bond acceptors (Lipinski definition) is 3. The minimum Gasteiger partial charge on any atom is -0.271 e. The highest BCUT2D eigenvalue weighted by Gasteiger charge is 2.15. The summed E-state index contributed by atoms with van der Waals surface area (Å²) in [5, 5.41) is 0. The van der Waals surface area contributed by atoms with Gasteiger partial charge in [-0.15, -0.1) is 0 Å². The first-order chi connectivity index (χ1) is 9.11. The van der Waals surface area contributed by atoms with E-state index in [1.54, 1.807) is 18.5 Å². The van der Waals surface area contributed by atoms with Crippen LogP contribution in [-0.4, -0.2) is 4.98 Å². The van der Waals surface area contributed by atoms with Gasteiger partial charge in [-0.3, -0.25) is 16.3 Å². The monoisotopic (exact) mass is 323 g/mol. The van der Waals surface area contributed by atoms with Crippen LogP contribution >= 0.6 is 15.9 Å². The highest BCUT2D eigenvalue weighted by molar-refractivity contribution is 9.10. The summed E-state index contributed by atoms with van der Waals surface area (Å²) in [6.07, 6.45) is 4.11. The molecule has 0 saturated carbocycles. The van der Waals surface area contributed by atoms with Gasteiger partial charge in [-0.1, -0.05) is 15.9 Å². The van der Waals surface area contributed by atoms with Crippen molar-refractivity contribution in [2.24, 2.45) is 5.84 Å². The number of benzene rings is 1. The van der Waals surface area contributed by atoms with Gasteiger partial charge in [0.1, 0.15) is 5.82 Å². The molecule has 1 atom stereocenters. The van der Waals surface area contributed by atoms with E-state index in [-0.39, 0.29) is 11.9 Å². The van der Waals surface area contributed by atoms with Crippen molar-refractivity contribution >= 4 is 15.9 Å². The number of aryl methyl sites for hydroxylation is 1. The van der Waals surface area contributed by atoms with E-state index in [4.69, 9.17) is 5.84 Å². The Morgan fingerprint density at radius 3 is 2.89 bits per heavy atom. The molecular weight excluding hydrogens is 309 g/mol. The molecule has 0 radical (unpaired) electrons. The number of nitrogens with one attached hydrogen (secondary N) is 1. The Morgan fingerprint density at radius 2 is 2.21 bits per heavy atom. The third kappa shape index (κ3) is 3.37. The third-order valence-electron chi connectivity index (χ3n) is 3.09. The molecule has 2 aromatic rings. The maximum Gasteiger partial charge on any atom is 0.123 e. The highest BCUT2D eigenvalue weighted by atomic mass is 79.9. The number of rotatable bonds is 4. The zero-order valence-corrected chi connectivity index (χ0v) is 12.1. The van der Waals surface area contributed by atoms with Crippen molar-refractivity contribution in [3.05, 3.63) is 63.6 Å². The van der Waals surface area contributed by atoms with Crippen LogP contribution in [0.1, 0.15) is 22.7 Å². The Kier molecular flexibility index (Phi) is 4.63. The number of halogens is 2. The predicted molar refractivity (Wildman–Crippen MR) is 76.8 cm³/mol. The van der Waals surface area contributed by atoms with Gasteiger partial charge in [0.15, 0.2) is 0 Å². The van der Waals surface area contributed by atoms with E-state index in [0.29, 0.717) is 6.42 Å². The summed E-state index contributed by atoms with van der Waals surface area (Å²) in [5.41, 5.74) is 5.76. The van der Waals surface area contributed by atoms with Crippen LogP contribution in [0, 0.1) is 12.7 Å². The van der Waals surface area contributed by atoms with Crippen molar-refractivity contribution < 1.29 is 4.39 Å². The first kappa shape index (κ1) is 14.1. The second-order valence-electron chi connectivity index (χ2n) is 4.39. The molecule has 1 heterocycles. The Bertz CT molecular complexity index is 574. The van der Waals surface area contributed by atoms with Crippen molar-refractivity contribution in [1.29, 1.82) is 0 Å². The lowest BCUT2D eigenvalue weighted by Crippen LogP contribution is -2.30. The maximum absolute atomic E-state index is 13.3. The molecule has 2 rings (SSSR count). The first-order valence-corrected chi connectivity index (χ1v) is 6.71. The van der Waals surface area contributed by atoms with Crippen LogP contribution in [-0.2, 0) is 6.42 Å². The fraction of sp³-hybridized carbons (Fsp3) is 0.214. The van der Waals surface area contributed by atoms with Gasteiger partial charge < -0.3 is 0 Å². The quantitative estimate of drug-likeness (QED) is 0.671. The van der Waals surface area contributed by atoms with Gasteiger partial charge in [0.2, 0.25) is 0 Å². The largest absolute Gasteiger partial charge is 0.271 e. The molecule has 1 aromatic carbocycles. The number of pyridine rings is 1. The van der Waals surface area contributed by atoms with Crippen molar-refractivity contribution in [2.45, 2.75) is 19.4 Å². The minimum absolute atomic E-state index is 0.105. The number of nitrogens with zero attached hydrogens (tertiary/aromatic N) is 1. The molecule has 0 fully saturated rings. The third-order valence-corrected chi connectivity index (χ3v) is 3.86. The van der Waals surface area contributed by atoms with E-state index >= 15 is 0 Å². The van der Waals surface area contributed by atoms with Crippen LogP contribution < -0.4 is 11.3 Å². The first-order valence-electron chi connectivity index (χ1n) is 5.92. The van der Waals surface area contributed by atoms with Crippen LogP contribution in [0.5, 0.6) is 0 Å². The van der Waals surface area contributed by atoms with Gasteiger partial charge in [0.25, 0.3) is 0 Å². The van der Waals surface area contributed by atoms with Crippen molar-refractivity contribution in [3.8, 4) is 0 Å². The summed E-state index contributed by atoms with van der Waals surface area (Å²) < 4.78 is 14.2. The summed E-state index contributed by atoms with van der Waals surface area (Å²) in [5.74, 6) is 5.37. The molecule has 0 spiro atoms. The highest BCUT2D eigenvalue weighted by Crippen LogP contribution is 2.25. The van der Waals surface area contributed by atoms with Gasteiger partial charge >= 0.3 is 0 Å². The summed E-state index contributed by atoms with van der Waals surface area (Å²) in [7, 11) is 0. The Balaban J connectivity index is 2.29. The van der Waals surface area contributed by atoms with E-state index in [9.17, 15) is 4.39 Å². The lowest BCUT2D eigenvalue weighted by atomic mass is 9.97. The molecule has 5 heteroatoms. The van der Waals surface area contributed by atoms with Crippen LogP contribution in [0.2, 0.25) is 0 Å². The summed E-state index contributed by atoms with van der Waals surface area (Å²) in [6, 6.07) is 6.47. The standard InChI is InChI=1S/C14H15BrFN3/c1-9-4-5-18-8-12(9)14(19-17)7-10-6-11(16)2-3-13(10)15/h2-6,8,14,19H,7,17H2,1H3. The zero-order chi connectivity index (χ0) is 13.8. The second-order valence-corrected chi connectivity index (χ2v) is 5.25. The number of aromatic nitrogens is 1. The van der Waals surface area contributed by atoms with Crippen LogP contribution in [0.25, 0.3) is 0 Å². The molecule has 1 unspecified atom stereocenters. The number of hydrazine groups is 1. The SMILES string of the molecule is Cc1ccncc1C(Cc1cc(F)ccc1Br)NN. The van der Waals surface area contributed by atoms with Gasteiger partial charge in [-0.25, -0.2) is 4.39 Å². The average molecular weight is 324 g/mol. The zero-order valence-electron chi connectivity index (χ0n) is 10.5. The molecule has 100 valence electrons. The number of nitrogens with two attached hydrogens (primary N) is 1. The van der Waals surface area contributed by atoms with Crippen LogP contribution in [0.15, 0.2) is 41.1 Å².